The number of ether oxygens (including phenoxy) is 1. The fourth-order valence-electron chi connectivity index (χ4n) is 2.01. The summed E-state index contributed by atoms with van der Waals surface area (Å²) in [6.07, 6.45) is -0.861. The predicted octanol–water partition coefficient (Wildman–Crippen LogP) is 4.41. The number of esters is 1. The van der Waals surface area contributed by atoms with Crippen molar-refractivity contribution in [1.29, 1.82) is 0 Å². The van der Waals surface area contributed by atoms with Crippen LogP contribution >= 0.6 is 23.2 Å². The summed E-state index contributed by atoms with van der Waals surface area (Å²) in [4.78, 5) is 24.1. The van der Waals surface area contributed by atoms with Crippen molar-refractivity contribution in [2.75, 3.05) is 5.32 Å². The average Bonchev–Trinajstić information content (AvgIpc) is 2.53. The monoisotopic (exact) mass is 365 g/mol. The standard InChI is InChI=1S/C18H17Cl2NO3/c1-11-6-8-13(9-7-11)10-16(22)24-12(2)18(23)21-17-14(19)4-3-5-15(17)20/h3-9,12H,10H2,1-2H3,(H,21,23)/t12-/m1/s1. The van der Waals surface area contributed by atoms with Crippen molar-refractivity contribution in [3.05, 3.63) is 63.6 Å². The Balaban J connectivity index is 1.93. The molecular weight excluding hydrogens is 349 g/mol. The van der Waals surface area contributed by atoms with Crippen molar-refractivity contribution in [1.82, 2.24) is 0 Å². The maximum Gasteiger partial charge on any atom is 0.311 e. The Morgan fingerprint density at radius 3 is 2.25 bits per heavy atom. The lowest BCUT2D eigenvalue weighted by atomic mass is 10.1. The number of anilines is 1. The van der Waals surface area contributed by atoms with Gasteiger partial charge in [-0.05, 0) is 31.5 Å². The second-order valence-electron chi connectivity index (χ2n) is 5.38. The number of nitrogens with one attached hydrogen (secondary N) is 1. The van der Waals surface area contributed by atoms with Gasteiger partial charge in [0, 0.05) is 0 Å². The van der Waals surface area contributed by atoms with E-state index in [2.05, 4.69) is 5.32 Å². The van der Waals surface area contributed by atoms with Gasteiger partial charge in [0.15, 0.2) is 6.10 Å². The van der Waals surface area contributed by atoms with Gasteiger partial charge in [-0.2, -0.15) is 0 Å². The van der Waals surface area contributed by atoms with Gasteiger partial charge in [0.2, 0.25) is 0 Å². The molecule has 0 aromatic heterocycles. The first kappa shape index (κ1) is 18.3. The Kier molecular flexibility index (Phi) is 6.23. The summed E-state index contributed by atoms with van der Waals surface area (Å²) in [6, 6.07) is 12.4. The van der Waals surface area contributed by atoms with E-state index in [1.165, 1.54) is 6.92 Å². The molecule has 0 heterocycles. The van der Waals surface area contributed by atoms with Crippen LogP contribution < -0.4 is 5.32 Å². The molecule has 2 aromatic carbocycles. The minimum absolute atomic E-state index is 0.102. The van der Waals surface area contributed by atoms with Crippen LogP contribution in [0.2, 0.25) is 10.0 Å². The minimum atomic E-state index is -0.963. The van der Waals surface area contributed by atoms with Gasteiger partial charge in [-0.15, -0.1) is 0 Å². The quantitative estimate of drug-likeness (QED) is 0.798. The third kappa shape index (κ3) is 4.98. The fraction of sp³-hybridized carbons (Fsp3) is 0.222. The molecule has 6 heteroatoms. The minimum Gasteiger partial charge on any atom is -0.452 e. The molecule has 0 radical (unpaired) electrons. The first-order valence-electron chi connectivity index (χ1n) is 7.36. The summed E-state index contributed by atoms with van der Waals surface area (Å²) in [5, 5.41) is 3.20. The summed E-state index contributed by atoms with van der Waals surface area (Å²) < 4.78 is 5.16. The number of amides is 1. The Hall–Kier alpha value is -2.04. The number of carbonyl (C=O) groups excluding carboxylic acids is 2. The number of halogens is 2. The first-order chi connectivity index (χ1) is 11.4. The maximum atomic E-state index is 12.1. The average molecular weight is 366 g/mol. The molecule has 0 spiro atoms. The van der Waals surface area contributed by atoms with Crippen molar-refractivity contribution in [2.24, 2.45) is 0 Å². The SMILES string of the molecule is Cc1ccc(CC(=O)O[C@H](C)C(=O)Nc2c(Cl)cccc2Cl)cc1. The number of hydrogen-bond acceptors (Lipinski definition) is 3. The maximum absolute atomic E-state index is 12.1. The van der Waals surface area contributed by atoms with Gasteiger partial charge in [0.25, 0.3) is 5.91 Å². The number of hydrogen-bond donors (Lipinski definition) is 1. The molecule has 126 valence electrons. The second kappa shape index (κ2) is 8.18. The van der Waals surface area contributed by atoms with E-state index in [0.29, 0.717) is 15.7 Å². The van der Waals surface area contributed by atoms with Crippen LogP contribution in [0.1, 0.15) is 18.1 Å². The van der Waals surface area contributed by atoms with Gasteiger partial charge in [-0.25, -0.2) is 0 Å². The fourth-order valence-corrected chi connectivity index (χ4v) is 2.50. The lowest BCUT2D eigenvalue weighted by Gasteiger charge is -2.15. The number of para-hydroxylation sites is 1. The molecule has 1 amide bonds. The molecule has 0 aliphatic heterocycles. The molecule has 24 heavy (non-hydrogen) atoms. The van der Waals surface area contributed by atoms with E-state index in [4.69, 9.17) is 27.9 Å². The molecule has 2 aromatic rings. The van der Waals surface area contributed by atoms with Crippen LogP contribution in [0.25, 0.3) is 0 Å². The van der Waals surface area contributed by atoms with E-state index in [1.54, 1.807) is 18.2 Å². The van der Waals surface area contributed by atoms with Crippen molar-refractivity contribution in [2.45, 2.75) is 26.4 Å². The summed E-state index contributed by atoms with van der Waals surface area (Å²) in [5.41, 5.74) is 2.23. The molecule has 2 rings (SSSR count). The van der Waals surface area contributed by atoms with Crippen LogP contribution in [-0.2, 0) is 20.7 Å². The molecule has 1 N–H and O–H groups in total. The Labute approximate surface area is 150 Å². The van der Waals surface area contributed by atoms with Crippen LogP contribution in [0.15, 0.2) is 42.5 Å². The van der Waals surface area contributed by atoms with E-state index in [-0.39, 0.29) is 6.42 Å². The second-order valence-corrected chi connectivity index (χ2v) is 6.19. The van der Waals surface area contributed by atoms with Gasteiger partial charge < -0.3 is 10.1 Å². The van der Waals surface area contributed by atoms with E-state index >= 15 is 0 Å². The molecule has 1 atom stereocenters. The van der Waals surface area contributed by atoms with Gasteiger partial charge in [0.05, 0.1) is 22.2 Å². The molecule has 0 aliphatic carbocycles. The summed E-state index contributed by atoms with van der Waals surface area (Å²) in [5.74, 6) is -0.978. The van der Waals surface area contributed by atoms with Gasteiger partial charge in [0.1, 0.15) is 0 Å². The van der Waals surface area contributed by atoms with Crippen molar-refractivity contribution < 1.29 is 14.3 Å². The normalized spacial score (nSPS) is 11.7. The Morgan fingerprint density at radius 2 is 1.67 bits per heavy atom. The van der Waals surface area contributed by atoms with E-state index in [0.717, 1.165) is 11.1 Å². The molecule has 4 nitrogen and oxygen atoms in total. The highest BCUT2D eigenvalue weighted by Crippen LogP contribution is 2.29. The van der Waals surface area contributed by atoms with Crippen molar-refractivity contribution in [3.63, 3.8) is 0 Å². The summed E-state index contributed by atoms with van der Waals surface area (Å²) in [6.45, 7) is 3.46. The molecule has 0 saturated heterocycles. The summed E-state index contributed by atoms with van der Waals surface area (Å²) >= 11 is 12.0. The van der Waals surface area contributed by atoms with E-state index in [1.807, 2.05) is 31.2 Å². The van der Waals surface area contributed by atoms with Gasteiger partial charge in [-0.3, -0.25) is 9.59 Å². The lowest BCUT2D eigenvalue weighted by molar-refractivity contribution is -0.152. The van der Waals surface area contributed by atoms with Crippen LogP contribution in [0, 0.1) is 6.92 Å². The zero-order valence-electron chi connectivity index (χ0n) is 13.3. The molecule has 0 saturated carbocycles. The van der Waals surface area contributed by atoms with Gasteiger partial charge in [-0.1, -0.05) is 59.1 Å². The number of carbonyl (C=O) groups is 2. The van der Waals surface area contributed by atoms with Crippen LogP contribution in [0.3, 0.4) is 0 Å². The Morgan fingerprint density at radius 1 is 1.08 bits per heavy atom. The highest BCUT2D eigenvalue weighted by Gasteiger charge is 2.20. The van der Waals surface area contributed by atoms with Crippen LogP contribution in [0.5, 0.6) is 0 Å². The predicted molar refractivity (Wildman–Crippen MR) is 95.5 cm³/mol. The third-order valence-electron chi connectivity index (χ3n) is 3.36. The molecule has 0 aliphatic rings. The highest BCUT2D eigenvalue weighted by molar-refractivity contribution is 6.39. The van der Waals surface area contributed by atoms with Crippen molar-refractivity contribution >= 4 is 40.8 Å². The molecule has 0 fully saturated rings. The first-order valence-corrected chi connectivity index (χ1v) is 8.12. The van der Waals surface area contributed by atoms with E-state index in [9.17, 15) is 9.59 Å². The smallest absolute Gasteiger partial charge is 0.311 e. The van der Waals surface area contributed by atoms with E-state index < -0.39 is 18.0 Å². The van der Waals surface area contributed by atoms with Crippen LogP contribution in [-0.4, -0.2) is 18.0 Å². The third-order valence-corrected chi connectivity index (χ3v) is 3.99. The number of rotatable bonds is 5. The Bertz CT molecular complexity index is 724. The molecule has 0 bridgehead atoms. The summed E-state index contributed by atoms with van der Waals surface area (Å²) in [7, 11) is 0. The van der Waals surface area contributed by atoms with Crippen LogP contribution in [0.4, 0.5) is 5.69 Å². The number of benzene rings is 2. The lowest BCUT2D eigenvalue weighted by Crippen LogP contribution is -2.30. The largest absolute Gasteiger partial charge is 0.452 e. The molecular formula is C18H17Cl2NO3. The highest BCUT2D eigenvalue weighted by atomic mass is 35.5. The number of aryl methyl sites for hydroxylation is 1. The van der Waals surface area contributed by atoms with Crippen molar-refractivity contribution in [3.8, 4) is 0 Å². The topological polar surface area (TPSA) is 55.4 Å². The zero-order valence-corrected chi connectivity index (χ0v) is 14.8. The van der Waals surface area contributed by atoms with Gasteiger partial charge >= 0.3 is 5.97 Å². The zero-order chi connectivity index (χ0) is 17.7. The molecule has 0 unspecified atom stereocenters.